The van der Waals surface area contributed by atoms with Crippen molar-refractivity contribution in [2.24, 2.45) is 4.99 Å². The summed E-state index contributed by atoms with van der Waals surface area (Å²) >= 11 is 15.8. The van der Waals surface area contributed by atoms with Gasteiger partial charge in [-0.15, -0.1) is 0 Å². The summed E-state index contributed by atoms with van der Waals surface area (Å²) in [4.78, 5) is 18.8. The van der Waals surface area contributed by atoms with E-state index < -0.39 is 5.91 Å². The molecule has 6 nitrogen and oxygen atoms in total. The number of methoxy groups -OCH3 is 1. The molecule has 5 rings (SSSR count). The first-order valence-electron chi connectivity index (χ1n) is 11.0. The van der Waals surface area contributed by atoms with Crippen LogP contribution in [0.15, 0.2) is 76.6 Å². The van der Waals surface area contributed by atoms with Crippen LogP contribution < -0.4 is 9.47 Å². The molecule has 1 N–H and O–H groups in total. The van der Waals surface area contributed by atoms with Crippen LogP contribution in [-0.4, -0.2) is 28.9 Å². The molecule has 3 aromatic carbocycles. The summed E-state index contributed by atoms with van der Waals surface area (Å²) in [5, 5.41) is 12.3. The van der Waals surface area contributed by atoms with Crippen LogP contribution in [0.25, 0.3) is 11.8 Å². The van der Waals surface area contributed by atoms with E-state index in [-0.39, 0.29) is 18.0 Å². The molecule has 0 aromatic heterocycles. The van der Waals surface area contributed by atoms with Crippen LogP contribution in [0.5, 0.6) is 11.5 Å². The van der Waals surface area contributed by atoms with Crippen LogP contribution in [0, 0.1) is 8.98 Å². The van der Waals surface area contributed by atoms with Crippen molar-refractivity contribution in [3.63, 3.8) is 0 Å². The number of hydrogen-bond donors (Lipinski definition) is 1. The van der Waals surface area contributed by atoms with Crippen LogP contribution >= 0.6 is 57.6 Å². The van der Waals surface area contributed by atoms with Crippen molar-refractivity contribution in [1.29, 1.82) is 5.41 Å². The number of benzene rings is 3. The highest BCUT2D eigenvalue weighted by atomic mass is 127. The van der Waals surface area contributed by atoms with Gasteiger partial charge in [-0.1, -0.05) is 71.4 Å². The fraction of sp³-hybridized carbons (Fsp3) is 0.0741. The largest absolute Gasteiger partial charge is 0.493 e. The quantitative estimate of drug-likeness (QED) is 0.219. The average Bonchev–Trinajstić information content (AvgIpc) is 3.31. The fourth-order valence-electron chi connectivity index (χ4n) is 3.83. The molecule has 0 bridgehead atoms. The van der Waals surface area contributed by atoms with Crippen molar-refractivity contribution in [3.05, 3.63) is 102 Å². The molecule has 2 heterocycles. The number of rotatable bonds is 6. The van der Waals surface area contributed by atoms with Crippen molar-refractivity contribution >= 4 is 86.2 Å². The van der Waals surface area contributed by atoms with E-state index in [1.807, 2.05) is 47.9 Å². The zero-order valence-electron chi connectivity index (χ0n) is 19.3. The van der Waals surface area contributed by atoms with Crippen molar-refractivity contribution in [3.8, 4) is 11.5 Å². The van der Waals surface area contributed by atoms with Gasteiger partial charge in [0, 0.05) is 21.0 Å². The normalized spacial score (nSPS) is 16.0. The van der Waals surface area contributed by atoms with Crippen molar-refractivity contribution in [2.75, 3.05) is 7.11 Å². The van der Waals surface area contributed by atoms with Gasteiger partial charge in [-0.05, 0) is 64.1 Å². The lowest BCUT2D eigenvalue weighted by molar-refractivity contribution is -0.114. The number of hydrogen-bond acceptors (Lipinski definition) is 5. The van der Waals surface area contributed by atoms with E-state index in [1.165, 1.54) is 11.8 Å². The number of amidine groups is 2. The number of carbonyl (C=O) groups excluding carboxylic acids is 1. The summed E-state index contributed by atoms with van der Waals surface area (Å²) < 4.78 is 12.4. The van der Waals surface area contributed by atoms with Gasteiger partial charge >= 0.3 is 0 Å². The highest BCUT2D eigenvalue weighted by Crippen LogP contribution is 2.39. The lowest BCUT2D eigenvalue weighted by atomic mass is 10.1. The highest BCUT2D eigenvalue weighted by Gasteiger charge is 2.36. The fourth-order valence-corrected chi connectivity index (χ4v) is 5.97. The monoisotopic (exact) mass is 661 g/mol. The molecule has 0 unspecified atom stereocenters. The Labute approximate surface area is 241 Å². The van der Waals surface area contributed by atoms with E-state index in [1.54, 1.807) is 36.3 Å². The predicted molar refractivity (Wildman–Crippen MR) is 158 cm³/mol. The molecule has 1 amide bonds. The number of halogens is 3. The Bertz CT molecular complexity index is 1520. The lowest BCUT2D eigenvalue weighted by Crippen LogP contribution is -2.38. The molecule has 0 radical (unpaired) electrons. The van der Waals surface area contributed by atoms with Gasteiger partial charge in [0.2, 0.25) is 0 Å². The first kappa shape index (κ1) is 25.8. The summed E-state index contributed by atoms with van der Waals surface area (Å²) in [5.74, 6) is 0.649. The Kier molecular flexibility index (Phi) is 7.62. The number of fused-ring (bicyclic) bond motifs is 1. The summed E-state index contributed by atoms with van der Waals surface area (Å²) in [5.41, 5.74) is 3.41. The second kappa shape index (κ2) is 10.9. The zero-order chi connectivity index (χ0) is 26.1. The first-order valence-corrected chi connectivity index (χ1v) is 13.7. The van der Waals surface area contributed by atoms with Crippen molar-refractivity contribution in [1.82, 2.24) is 4.90 Å². The summed E-state index contributed by atoms with van der Waals surface area (Å²) in [6.07, 6.45) is 1.65. The Balaban J connectivity index is 1.44. The number of carbonyl (C=O) groups is 1. The number of aliphatic imine (C=N–C) groups is 1. The topological polar surface area (TPSA) is 75.0 Å². The zero-order valence-corrected chi connectivity index (χ0v) is 23.8. The number of amides is 1. The van der Waals surface area contributed by atoms with E-state index in [0.717, 1.165) is 20.4 Å². The third kappa shape index (κ3) is 5.29. The summed E-state index contributed by atoms with van der Waals surface area (Å²) in [7, 11) is 1.55. The van der Waals surface area contributed by atoms with Gasteiger partial charge in [0.05, 0.1) is 22.0 Å². The van der Waals surface area contributed by atoms with Gasteiger partial charge in [0.1, 0.15) is 12.4 Å². The number of nitrogens with zero attached hydrogens (tertiary/aromatic N) is 2. The molecule has 10 heteroatoms. The molecule has 0 atom stereocenters. The maximum absolute atomic E-state index is 12.9. The predicted octanol–water partition coefficient (Wildman–Crippen LogP) is 7.49. The van der Waals surface area contributed by atoms with Crippen LogP contribution in [0.4, 0.5) is 0 Å². The maximum atomic E-state index is 12.9. The minimum atomic E-state index is -0.460. The molecule has 0 aliphatic carbocycles. The van der Waals surface area contributed by atoms with E-state index in [4.69, 9.17) is 38.1 Å². The van der Waals surface area contributed by atoms with Crippen LogP contribution in [0.2, 0.25) is 10.0 Å². The van der Waals surface area contributed by atoms with Crippen LogP contribution in [0.3, 0.4) is 0 Å². The molecule has 3 aromatic rings. The number of ether oxygens (including phenoxy) is 2. The summed E-state index contributed by atoms with van der Waals surface area (Å²) in [6.45, 7) is 0.227. The lowest BCUT2D eigenvalue weighted by Gasteiger charge is -2.27. The van der Waals surface area contributed by atoms with Crippen molar-refractivity contribution < 1.29 is 14.3 Å². The van der Waals surface area contributed by atoms with Gasteiger partial charge in [-0.2, -0.15) is 4.99 Å². The third-order valence-corrected chi connectivity index (χ3v) is 7.85. The summed E-state index contributed by atoms with van der Waals surface area (Å²) in [6, 6.07) is 18.6. The molecule has 0 spiro atoms. The standard InChI is InChI=1S/C27H18Cl2IN3O3S/c1-35-23-11-15(10-21(30)24(23)36-13-17-7-8-18(28)12-20(17)29)9-19-25(31)33-22(16-5-3-2-4-6-16)14-37-27(33)32-26(19)34/h2-12,14,31H,13H2,1H3. The highest BCUT2D eigenvalue weighted by molar-refractivity contribution is 14.1. The van der Waals surface area contributed by atoms with Gasteiger partial charge in [-0.3, -0.25) is 15.1 Å². The molecule has 186 valence electrons. The van der Waals surface area contributed by atoms with E-state index >= 15 is 0 Å². The van der Waals surface area contributed by atoms with Gasteiger partial charge in [-0.25, -0.2) is 0 Å². The van der Waals surface area contributed by atoms with Gasteiger partial charge in [0.25, 0.3) is 5.91 Å². The number of nitrogens with one attached hydrogen (secondary N) is 1. The average molecular weight is 662 g/mol. The minimum Gasteiger partial charge on any atom is -0.493 e. The first-order chi connectivity index (χ1) is 17.9. The van der Waals surface area contributed by atoms with Crippen LogP contribution in [0.1, 0.15) is 16.7 Å². The second-order valence-electron chi connectivity index (χ2n) is 7.99. The Hall–Kier alpha value is -2.79. The molecular weight excluding hydrogens is 644 g/mol. The van der Waals surface area contributed by atoms with Gasteiger partial charge < -0.3 is 9.47 Å². The molecule has 37 heavy (non-hydrogen) atoms. The molecule has 0 saturated heterocycles. The Morgan fingerprint density at radius 2 is 1.92 bits per heavy atom. The molecule has 2 aliphatic heterocycles. The molecule has 2 aliphatic rings. The van der Waals surface area contributed by atoms with E-state index in [2.05, 4.69) is 27.6 Å². The Morgan fingerprint density at radius 1 is 1.14 bits per heavy atom. The van der Waals surface area contributed by atoms with Gasteiger partial charge in [0.15, 0.2) is 16.7 Å². The SMILES string of the molecule is COc1cc(C=C2C(=N)N3C(c4ccccc4)=CSC3=NC2=O)cc(I)c1OCc1ccc(Cl)cc1Cl. The van der Waals surface area contributed by atoms with Crippen LogP contribution in [-0.2, 0) is 11.4 Å². The Morgan fingerprint density at radius 3 is 2.65 bits per heavy atom. The smallest absolute Gasteiger partial charge is 0.283 e. The molecule has 0 fully saturated rings. The molecule has 0 saturated carbocycles. The van der Waals surface area contributed by atoms with Crippen molar-refractivity contribution in [2.45, 2.75) is 6.61 Å². The van der Waals surface area contributed by atoms with E-state index in [0.29, 0.717) is 32.3 Å². The number of thioether (sulfide) groups is 1. The third-order valence-electron chi connectivity index (χ3n) is 5.63. The minimum absolute atomic E-state index is 0.0711. The second-order valence-corrected chi connectivity index (χ2v) is 10.8. The molecular formula is C27H18Cl2IN3O3S. The maximum Gasteiger partial charge on any atom is 0.283 e. The van der Waals surface area contributed by atoms with E-state index in [9.17, 15) is 4.79 Å².